The molecule has 0 unspecified atom stereocenters. The van der Waals surface area contributed by atoms with Crippen molar-refractivity contribution in [1.82, 2.24) is 15.0 Å². The fourth-order valence-electron chi connectivity index (χ4n) is 1.95. The van der Waals surface area contributed by atoms with Gasteiger partial charge in [-0.2, -0.15) is 0 Å². The molecule has 0 saturated carbocycles. The lowest BCUT2D eigenvalue weighted by Crippen LogP contribution is -2.11. The third kappa shape index (κ3) is 3.43. The molecule has 0 aliphatic rings. The van der Waals surface area contributed by atoms with Crippen molar-refractivity contribution in [3.63, 3.8) is 0 Å². The first-order valence-corrected chi connectivity index (χ1v) is 6.86. The number of rotatable bonds is 3. The number of nitrogens with zero attached hydrogens (tertiary/aromatic N) is 3. The molecular formula is C16H23N3. The van der Waals surface area contributed by atoms with Gasteiger partial charge in [-0.05, 0) is 22.5 Å². The van der Waals surface area contributed by atoms with E-state index in [0.717, 1.165) is 12.2 Å². The third-order valence-electron chi connectivity index (χ3n) is 3.31. The van der Waals surface area contributed by atoms with E-state index in [0.29, 0.717) is 5.92 Å². The van der Waals surface area contributed by atoms with Gasteiger partial charge in [-0.3, -0.25) is 0 Å². The summed E-state index contributed by atoms with van der Waals surface area (Å²) in [6.07, 6.45) is 2.03. The molecule has 0 N–H and O–H groups in total. The molecule has 1 aromatic carbocycles. The minimum atomic E-state index is 0.205. The van der Waals surface area contributed by atoms with Gasteiger partial charge in [-0.25, -0.2) is 4.68 Å². The molecule has 3 nitrogen and oxygen atoms in total. The van der Waals surface area contributed by atoms with Crippen molar-refractivity contribution in [2.45, 2.75) is 52.5 Å². The molecule has 1 heterocycles. The van der Waals surface area contributed by atoms with Gasteiger partial charge in [0, 0.05) is 6.20 Å². The van der Waals surface area contributed by atoms with Gasteiger partial charge in [-0.1, -0.05) is 64.1 Å². The summed E-state index contributed by atoms with van der Waals surface area (Å²) in [6, 6.07) is 8.76. The van der Waals surface area contributed by atoms with Crippen molar-refractivity contribution >= 4 is 0 Å². The van der Waals surface area contributed by atoms with Gasteiger partial charge in [0.05, 0.1) is 12.2 Å². The zero-order chi connectivity index (χ0) is 14.0. The zero-order valence-electron chi connectivity index (χ0n) is 12.5. The van der Waals surface area contributed by atoms with Crippen LogP contribution in [0.2, 0.25) is 0 Å². The van der Waals surface area contributed by atoms with E-state index >= 15 is 0 Å². The third-order valence-corrected chi connectivity index (χ3v) is 3.31. The van der Waals surface area contributed by atoms with Crippen molar-refractivity contribution < 1.29 is 0 Å². The Morgan fingerprint density at radius 1 is 1.11 bits per heavy atom. The average molecular weight is 257 g/mol. The van der Waals surface area contributed by atoms with Crippen LogP contribution in [0.25, 0.3) is 0 Å². The van der Waals surface area contributed by atoms with Crippen LogP contribution in [0.5, 0.6) is 0 Å². The molecule has 0 fully saturated rings. The summed E-state index contributed by atoms with van der Waals surface area (Å²) in [6.45, 7) is 11.7. The minimum Gasteiger partial charge on any atom is -0.248 e. The Balaban J connectivity index is 2.11. The molecule has 0 radical (unpaired) electrons. The second kappa shape index (κ2) is 5.16. The lowest BCUT2D eigenvalue weighted by Gasteiger charge is -2.19. The van der Waals surface area contributed by atoms with Gasteiger partial charge < -0.3 is 0 Å². The molecule has 2 rings (SSSR count). The summed E-state index contributed by atoms with van der Waals surface area (Å²) >= 11 is 0. The summed E-state index contributed by atoms with van der Waals surface area (Å²) < 4.78 is 1.90. The van der Waals surface area contributed by atoms with E-state index in [2.05, 4.69) is 69.2 Å². The Morgan fingerprint density at radius 3 is 2.21 bits per heavy atom. The van der Waals surface area contributed by atoms with Gasteiger partial charge in [0.25, 0.3) is 0 Å². The summed E-state index contributed by atoms with van der Waals surface area (Å²) in [5.41, 5.74) is 3.87. The maximum atomic E-state index is 4.18. The van der Waals surface area contributed by atoms with Crippen molar-refractivity contribution in [1.29, 1.82) is 0 Å². The Labute approximate surface area is 115 Å². The van der Waals surface area contributed by atoms with Gasteiger partial charge >= 0.3 is 0 Å². The van der Waals surface area contributed by atoms with Crippen molar-refractivity contribution in [2.24, 2.45) is 0 Å². The molecule has 3 heteroatoms. The van der Waals surface area contributed by atoms with E-state index in [9.17, 15) is 0 Å². The minimum absolute atomic E-state index is 0.205. The first-order valence-electron chi connectivity index (χ1n) is 6.86. The molecule has 0 aliphatic heterocycles. The van der Waals surface area contributed by atoms with Crippen LogP contribution >= 0.6 is 0 Å². The molecular weight excluding hydrogens is 234 g/mol. The van der Waals surface area contributed by atoms with Crippen LogP contribution in [0.15, 0.2) is 30.5 Å². The van der Waals surface area contributed by atoms with Crippen LogP contribution in [0.1, 0.15) is 57.4 Å². The fraction of sp³-hybridized carbons (Fsp3) is 0.500. The standard InChI is InChI=1S/C16H23N3/c1-12(2)15-11-19(18-17-15)10-13-6-8-14(9-7-13)16(3,4)5/h6-9,11-12H,10H2,1-5H3. The summed E-state index contributed by atoms with van der Waals surface area (Å²) in [5, 5.41) is 8.35. The van der Waals surface area contributed by atoms with Crippen molar-refractivity contribution in [2.75, 3.05) is 0 Å². The summed E-state index contributed by atoms with van der Waals surface area (Å²) in [4.78, 5) is 0. The SMILES string of the molecule is CC(C)c1cn(Cc2ccc(C(C)(C)C)cc2)nn1. The van der Waals surface area contributed by atoms with Crippen LogP contribution in [0.3, 0.4) is 0 Å². The fourth-order valence-corrected chi connectivity index (χ4v) is 1.95. The van der Waals surface area contributed by atoms with Crippen molar-refractivity contribution in [3.8, 4) is 0 Å². The van der Waals surface area contributed by atoms with E-state index in [1.165, 1.54) is 11.1 Å². The largest absolute Gasteiger partial charge is 0.248 e. The quantitative estimate of drug-likeness (QED) is 0.838. The second-order valence-electron chi connectivity index (χ2n) is 6.44. The van der Waals surface area contributed by atoms with E-state index in [1.54, 1.807) is 0 Å². The maximum absolute atomic E-state index is 4.18. The number of aromatic nitrogens is 3. The molecule has 0 bridgehead atoms. The number of hydrogen-bond acceptors (Lipinski definition) is 2. The topological polar surface area (TPSA) is 30.7 Å². The summed E-state index contributed by atoms with van der Waals surface area (Å²) in [5.74, 6) is 0.428. The lowest BCUT2D eigenvalue weighted by atomic mass is 9.87. The van der Waals surface area contributed by atoms with Gasteiger partial charge in [0.1, 0.15) is 0 Å². The highest BCUT2D eigenvalue weighted by Crippen LogP contribution is 2.22. The molecule has 1 aromatic heterocycles. The Kier molecular flexibility index (Phi) is 3.74. The van der Waals surface area contributed by atoms with Gasteiger partial charge in [0.15, 0.2) is 0 Å². The molecule has 0 saturated heterocycles. The monoisotopic (exact) mass is 257 g/mol. The van der Waals surface area contributed by atoms with Crippen molar-refractivity contribution in [3.05, 3.63) is 47.3 Å². The molecule has 0 amide bonds. The van der Waals surface area contributed by atoms with Crippen LogP contribution in [0.4, 0.5) is 0 Å². The highest BCUT2D eigenvalue weighted by Gasteiger charge is 2.13. The maximum Gasteiger partial charge on any atom is 0.0852 e. The van der Waals surface area contributed by atoms with Crippen LogP contribution in [-0.2, 0) is 12.0 Å². The Morgan fingerprint density at radius 2 is 1.74 bits per heavy atom. The lowest BCUT2D eigenvalue weighted by molar-refractivity contribution is 0.589. The van der Waals surface area contributed by atoms with E-state index in [1.807, 2.05) is 10.9 Å². The molecule has 0 aliphatic carbocycles. The van der Waals surface area contributed by atoms with E-state index in [4.69, 9.17) is 0 Å². The summed E-state index contributed by atoms with van der Waals surface area (Å²) in [7, 11) is 0. The molecule has 102 valence electrons. The average Bonchev–Trinajstić information content (AvgIpc) is 2.77. The number of hydrogen-bond donors (Lipinski definition) is 0. The Bertz CT molecular complexity index is 530. The Hall–Kier alpha value is -1.64. The highest BCUT2D eigenvalue weighted by molar-refractivity contribution is 5.27. The number of benzene rings is 1. The zero-order valence-corrected chi connectivity index (χ0v) is 12.5. The van der Waals surface area contributed by atoms with Gasteiger partial charge in [0.2, 0.25) is 0 Å². The first kappa shape index (κ1) is 13.8. The molecule has 19 heavy (non-hydrogen) atoms. The normalized spacial score (nSPS) is 12.1. The smallest absolute Gasteiger partial charge is 0.0852 e. The highest BCUT2D eigenvalue weighted by atomic mass is 15.4. The molecule has 0 spiro atoms. The van der Waals surface area contributed by atoms with Crippen LogP contribution in [0, 0.1) is 0 Å². The second-order valence-corrected chi connectivity index (χ2v) is 6.44. The van der Waals surface area contributed by atoms with E-state index < -0.39 is 0 Å². The molecule has 0 atom stereocenters. The van der Waals surface area contributed by atoms with Crippen LogP contribution < -0.4 is 0 Å². The van der Waals surface area contributed by atoms with Gasteiger partial charge in [-0.15, -0.1) is 5.10 Å². The predicted molar refractivity (Wildman–Crippen MR) is 78.4 cm³/mol. The first-order chi connectivity index (χ1) is 8.86. The molecule has 2 aromatic rings. The predicted octanol–water partition coefficient (Wildman–Crippen LogP) is 3.75. The van der Waals surface area contributed by atoms with E-state index in [-0.39, 0.29) is 5.41 Å². The van der Waals surface area contributed by atoms with Crippen LogP contribution in [-0.4, -0.2) is 15.0 Å².